The van der Waals surface area contributed by atoms with Gasteiger partial charge in [-0.25, -0.2) is 0 Å². The molecule has 1 heteroatoms. The Balaban J connectivity index is 2.06. The molecule has 0 amide bonds. The fourth-order valence-corrected chi connectivity index (χ4v) is 0.884. The van der Waals surface area contributed by atoms with Crippen molar-refractivity contribution < 1.29 is 5.11 Å². The highest BCUT2D eigenvalue weighted by molar-refractivity contribution is 5.12. The molecule has 7 heavy (non-hydrogen) atoms. The molecule has 1 atom stereocenters. The van der Waals surface area contributed by atoms with E-state index in [0.717, 1.165) is 0 Å². The fourth-order valence-electron chi connectivity index (χ4n) is 0.884. The van der Waals surface area contributed by atoms with Gasteiger partial charge in [-0.2, -0.15) is 0 Å². The van der Waals surface area contributed by atoms with Gasteiger partial charge in [0.1, 0.15) is 0 Å². The van der Waals surface area contributed by atoms with Crippen LogP contribution in [-0.2, 0) is 0 Å². The molecule has 1 aliphatic rings. The third kappa shape index (κ3) is 0.942. The van der Waals surface area contributed by atoms with E-state index in [2.05, 4.69) is 6.92 Å². The minimum absolute atomic E-state index is 0.378. The Morgan fingerprint density at radius 2 is 2.57 bits per heavy atom. The molecule has 0 aromatic rings. The second-order valence-corrected chi connectivity index (χ2v) is 2.10. The molecule has 1 rings (SSSR count). The van der Waals surface area contributed by atoms with Gasteiger partial charge < -0.3 is 5.11 Å². The van der Waals surface area contributed by atoms with Crippen LogP contribution in [0.25, 0.3) is 0 Å². The van der Waals surface area contributed by atoms with Crippen molar-refractivity contribution in [2.45, 2.75) is 19.8 Å². The lowest BCUT2D eigenvalue weighted by molar-refractivity contribution is 0.278. The Kier molecular flexibility index (Phi) is 1.33. The van der Waals surface area contributed by atoms with E-state index in [-0.39, 0.29) is 0 Å². The van der Waals surface area contributed by atoms with Crippen molar-refractivity contribution in [3.63, 3.8) is 0 Å². The average Bonchev–Trinajstić information content (AvgIpc) is 2.43. The molecule has 0 bridgehead atoms. The Labute approximate surface area is 44.4 Å². The summed E-state index contributed by atoms with van der Waals surface area (Å²) in [6.07, 6.45) is 2.36. The average molecular weight is 99.2 g/mol. The molecule has 1 N–H and O–H groups in total. The summed E-state index contributed by atoms with van der Waals surface area (Å²) in [5, 5.41) is 8.49. The van der Waals surface area contributed by atoms with Crippen LogP contribution in [0.2, 0.25) is 0 Å². The molecule has 0 heterocycles. The van der Waals surface area contributed by atoms with Gasteiger partial charge in [-0.1, -0.05) is 6.92 Å². The first-order valence-corrected chi connectivity index (χ1v) is 2.84. The summed E-state index contributed by atoms with van der Waals surface area (Å²) in [7, 11) is 0. The van der Waals surface area contributed by atoms with Gasteiger partial charge in [0.25, 0.3) is 0 Å². The molecule has 0 aliphatic heterocycles. The highest BCUT2D eigenvalue weighted by Crippen LogP contribution is 2.42. The summed E-state index contributed by atoms with van der Waals surface area (Å²) in [4.78, 5) is 0. The lowest BCUT2D eigenvalue weighted by Crippen LogP contribution is -1.84. The number of hydrogen-bond acceptors (Lipinski definition) is 1. The van der Waals surface area contributed by atoms with Gasteiger partial charge in [0.05, 0.1) is 0 Å². The van der Waals surface area contributed by atoms with Crippen molar-refractivity contribution in [3.8, 4) is 0 Å². The van der Waals surface area contributed by atoms with Gasteiger partial charge >= 0.3 is 0 Å². The van der Waals surface area contributed by atoms with Gasteiger partial charge in [-0.05, 0) is 24.7 Å². The normalized spacial score (nSPS) is 30.9. The molecule has 1 nitrogen and oxygen atoms in total. The minimum Gasteiger partial charge on any atom is -0.396 e. The van der Waals surface area contributed by atoms with Crippen LogP contribution in [-0.4, -0.2) is 11.7 Å². The summed E-state index contributed by atoms with van der Waals surface area (Å²) < 4.78 is 0. The first-order valence-electron chi connectivity index (χ1n) is 2.84. The third-order valence-corrected chi connectivity index (χ3v) is 1.60. The maximum Gasteiger partial charge on any atom is 0.0464 e. The molecular weight excluding hydrogens is 88.1 g/mol. The summed E-state index contributed by atoms with van der Waals surface area (Å²) >= 11 is 0. The predicted octanol–water partition coefficient (Wildman–Crippen LogP) is 0.983. The van der Waals surface area contributed by atoms with Gasteiger partial charge in [0.15, 0.2) is 0 Å². The summed E-state index contributed by atoms with van der Waals surface area (Å²) in [6.45, 7) is 2.52. The number of aliphatic hydroxyl groups is 1. The van der Waals surface area contributed by atoms with E-state index in [9.17, 15) is 0 Å². The van der Waals surface area contributed by atoms with E-state index < -0.39 is 0 Å². The minimum atomic E-state index is 0.378. The number of aliphatic hydroxyl groups excluding tert-OH is 1. The molecule has 1 fully saturated rings. The molecule has 0 aromatic heterocycles. The van der Waals surface area contributed by atoms with Crippen molar-refractivity contribution in [1.29, 1.82) is 0 Å². The first kappa shape index (κ1) is 5.10. The van der Waals surface area contributed by atoms with Crippen LogP contribution in [0.1, 0.15) is 19.8 Å². The Hall–Kier alpha value is -0.0400. The third-order valence-electron chi connectivity index (χ3n) is 1.60. The Morgan fingerprint density at radius 1 is 1.86 bits per heavy atom. The smallest absolute Gasteiger partial charge is 0.0464 e. The zero-order chi connectivity index (χ0) is 5.28. The highest BCUT2D eigenvalue weighted by Gasteiger charge is 2.34. The topological polar surface area (TPSA) is 20.2 Å². The zero-order valence-electron chi connectivity index (χ0n) is 4.65. The summed E-state index contributed by atoms with van der Waals surface area (Å²) in [5.74, 6) is 2.13. The molecule has 1 saturated carbocycles. The van der Waals surface area contributed by atoms with Crippen molar-refractivity contribution in [2.75, 3.05) is 6.61 Å². The molecule has 0 spiro atoms. The SMILES string of the molecule is CC[C]1CC1CO. The Morgan fingerprint density at radius 3 is 2.71 bits per heavy atom. The predicted molar refractivity (Wildman–Crippen MR) is 28.7 cm³/mol. The fraction of sp³-hybridized carbons (Fsp3) is 0.833. The monoisotopic (exact) mass is 99.1 g/mol. The quantitative estimate of drug-likeness (QED) is 0.547. The largest absolute Gasteiger partial charge is 0.396 e. The van der Waals surface area contributed by atoms with Crippen LogP contribution in [0.3, 0.4) is 0 Å². The maximum absolute atomic E-state index is 8.49. The van der Waals surface area contributed by atoms with Crippen molar-refractivity contribution >= 4 is 0 Å². The lowest BCUT2D eigenvalue weighted by Gasteiger charge is -1.84. The van der Waals surface area contributed by atoms with Crippen LogP contribution in [0.5, 0.6) is 0 Å². The molecule has 1 radical (unpaired) electrons. The van der Waals surface area contributed by atoms with Crippen molar-refractivity contribution in [2.24, 2.45) is 5.92 Å². The van der Waals surface area contributed by atoms with Crippen LogP contribution in [0.15, 0.2) is 0 Å². The van der Waals surface area contributed by atoms with Crippen LogP contribution in [0.4, 0.5) is 0 Å². The van der Waals surface area contributed by atoms with Crippen LogP contribution >= 0.6 is 0 Å². The summed E-state index contributed by atoms with van der Waals surface area (Å²) in [6, 6.07) is 0. The Bertz CT molecular complexity index is 53.2. The highest BCUT2D eigenvalue weighted by atomic mass is 16.3. The zero-order valence-corrected chi connectivity index (χ0v) is 4.65. The van der Waals surface area contributed by atoms with Gasteiger partial charge in [0.2, 0.25) is 0 Å². The second-order valence-electron chi connectivity index (χ2n) is 2.10. The lowest BCUT2D eigenvalue weighted by atomic mass is 10.3. The molecule has 41 valence electrons. The van der Waals surface area contributed by atoms with Crippen LogP contribution in [0, 0.1) is 11.8 Å². The van der Waals surface area contributed by atoms with E-state index in [1.54, 1.807) is 5.92 Å². The van der Waals surface area contributed by atoms with Crippen molar-refractivity contribution in [3.05, 3.63) is 5.92 Å². The maximum atomic E-state index is 8.49. The van der Waals surface area contributed by atoms with E-state index in [1.807, 2.05) is 0 Å². The standard InChI is InChI=1S/C6H11O/c1-2-5-3-6(5)4-7/h6-7H,2-4H2,1H3. The van der Waals surface area contributed by atoms with E-state index in [0.29, 0.717) is 12.5 Å². The molecule has 0 saturated heterocycles. The van der Waals surface area contributed by atoms with Gasteiger partial charge in [-0.3, -0.25) is 0 Å². The molecule has 1 unspecified atom stereocenters. The first-order chi connectivity index (χ1) is 3.38. The van der Waals surface area contributed by atoms with E-state index in [1.165, 1.54) is 12.8 Å². The summed E-state index contributed by atoms with van der Waals surface area (Å²) in [5.41, 5.74) is 0. The molecule has 1 aliphatic carbocycles. The number of rotatable bonds is 2. The molecular formula is C6H11O. The van der Waals surface area contributed by atoms with Crippen molar-refractivity contribution in [1.82, 2.24) is 0 Å². The van der Waals surface area contributed by atoms with E-state index >= 15 is 0 Å². The van der Waals surface area contributed by atoms with E-state index in [4.69, 9.17) is 5.11 Å². The number of hydrogen-bond donors (Lipinski definition) is 1. The van der Waals surface area contributed by atoms with Gasteiger partial charge in [0, 0.05) is 6.61 Å². The molecule has 0 aromatic carbocycles. The van der Waals surface area contributed by atoms with Crippen LogP contribution < -0.4 is 0 Å². The second kappa shape index (κ2) is 1.83. The van der Waals surface area contributed by atoms with Gasteiger partial charge in [-0.15, -0.1) is 0 Å².